The highest BCUT2D eigenvalue weighted by Crippen LogP contribution is 2.33. The van der Waals surface area contributed by atoms with Crippen molar-refractivity contribution >= 4 is 22.1 Å². The highest BCUT2D eigenvalue weighted by Gasteiger charge is 2.15. The second-order valence-corrected chi connectivity index (χ2v) is 6.87. The van der Waals surface area contributed by atoms with Crippen molar-refractivity contribution in [3.63, 3.8) is 0 Å². The number of nitrogens with zero attached hydrogens (tertiary/aromatic N) is 6. The number of rotatable bonds is 3. The largest absolute Gasteiger partial charge is 0.338 e. The van der Waals surface area contributed by atoms with Crippen molar-refractivity contribution < 1.29 is 0 Å². The first-order valence-corrected chi connectivity index (χ1v) is 9.35. The highest BCUT2D eigenvalue weighted by atomic mass is 15.2. The van der Waals surface area contributed by atoms with Crippen LogP contribution in [0.25, 0.3) is 55.7 Å². The van der Waals surface area contributed by atoms with E-state index in [4.69, 9.17) is 0 Å². The van der Waals surface area contributed by atoms with Crippen molar-refractivity contribution in [2.45, 2.75) is 0 Å². The number of H-pyrrole nitrogens is 2. The van der Waals surface area contributed by atoms with Gasteiger partial charge in [-0.1, -0.05) is 6.07 Å². The third kappa shape index (κ3) is 2.62. The molecule has 0 aliphatic rings. The monoisotopic (exact) mass is 390 g/mol. The van der Waals surface area contributed by atoms with Crippen LogP contribution in [-0.4, -0.2) is 40.1 Å². The first-order chi connectivity index (χ1) is 14.9. The maximum absolute atomic E-state index is 4.50. The van der Waals surface area contributed by atoms with Gasteiger partial charge in [0.15, 0.2) is 5.65 Å². The molecule has 0 saturated carbocycles. The fourth-order valence-electron chi connectivity index (χ4n) is 3.65. The number of hydrogen-bond donors (Lipinski definition) is 2. The molecule has 30 heavy (non-hydrogen) atoms. The summed E-state index contributed by atoms with van der Waals surface area (Å²) in [7, 11) is 0. The Hall–Kier alpha value is -4.46. The van der Waals surface area contributed by atoms with Crippen LogP contribution in [0.4, 0.5) is 0 Å². The molecule has 0 saturated heterocycles. The molecule has 0 amide bonds. The van der Waals surface area contributed by atoms with E-state index in [-0.39, 0.29) is 0 Å². The third-order valence-electron chi connectivity index (χ3n) is 5.08. The van der Waals surface area contributed by atoms with Gasteiger partial charge in [0.1, 0.15) is 12.0 Å². The Kier molecular flexibility index (Phi) is 3.60. The molecular weight excluding hydrogens is 376 g/mol. The van der Waals surface area contributed by atoms with E-state index in [0.29, 0.717) is 5.65 Å². The summed E-state index contributed by atoms with van der Waals surface area (Å²) >= 11 is 0. The topological polar surface area (TPSA) is 109 Å². The van der Waals surface area contributed by atoms with Gasteiger partial charge in [-0.15, -0.1) is 0 Å². The molecule has 6 heterocycles. The van der Waals surface area contributed by atoms with Crippen molar-refractivity contribution in [2.75, 3.05) is 0 Å². The maximum Gasteiger partial charge on any atom is 0.181 e. The van der Waals surface area contributed by atoms with Crippen LogP contribution in [0, 0.1) is 0 Å². The molecule has 2 N–H and O–H groups in total. The summed E-state index contributed by atoms with van der Waals surface area (Å²) in [5.41, 5.74) is 7.12. The Bertz CT molecular complexity index is 1490. The predicted molar refractivity (Wildman–Crippen MR) is 113 cm³/mol. The molecule has 6 rings (SSSR count). The lowest BCUT2D eigenvalue weighted by Gasteiger charge is -2.01. The van der Waals surface area contributed by atoms with Crippen LogP contribution in [0.15, 0.2) is 73.8 Å². The molecule has 0 fully saturated rings. The van der Waals surface area contributed by atoms with Gasteiger partial charge in [-0.25, -0.2) is 19.9 Å². The number of aromatic amines is 2. The van der Waals surface area contributed by atoms with Crippen molar-refractivity contribution in [2.24, 2.45) is 0 Å². The zero-order valence-electron chi connectivity index (χ0n) is 15.6. The molecule has 8 heteroatoms. The Balaban J connectivity index is 1.52. The van der Waals surface area contributed by atoms with E-state index in [1.807, 2.05) is 30.5 Å². The maximum atomic E-state index is 4.50. The minimum atomic E-state index is 0.643. The summed E-state index contributed by atoms with van der Waals surface area (Å²) in [6.45, 7) is 0. The average molecular weight is 390 g/mol. The first-order valence-electron chi connectivity index (χ1n) is 9.35. The molecule has 142 valence electrons. The quantitative estimate of drug-likeness (QED) is 0.472. The third-order valence-corrected chi connectivity index (χ3v) is 5.08. The number of aromatic nitrogens is 8. The van der Waals surface area contributed by atoms with Crippen LogP contribution < -0.4 is 0 Å². The van der Waals surface area contributed by atoms with Gasteiger partial charge >= 0.3 is 0 Å². The lowest BCUT2D eigenvalue weighted by Crippen LogP contribution is -1.85. The molecule has 0 radical (unpaired) electrons. The lowest BCUT2D eigenvalue weighted by atomic mass is 10.1. The summed E-state index contributed by atoms with van der Waals surface area (Å²) < 4.78 is 0. The molecule has 6 aromatic rings. The van der Waals surface area contributed by atoms with E-state index >= 15 is 0 Å². The Morgan fingerprint density at radius 3 is 2.50 bits per heavy atom. The molecule has 6 aromatic heterocycles. The molecular formula is C22H14N8. The fraction of sp³-hybridized carbons (Fsp3) is 0. The molecule has 0 aliphatic carbocycles. The molecule has 0 bridgehead atoms. The minimum Gasteiger partial charge on any atom is -0.338 e. The van der Waals surface area contributed by atoms with Crippen molar-refractivity contribution in [3.05, 3.63) is 73.8 Å². The normalized spacial score (nSPS) is 11.3. The second kappa shape index (κ2) is 6.56. The number of nitrogens with one attached hydrogen (secondary N) is 2. The van der Waals surface area contributed by atoms with E-state index in [1.165, 1.54) is 6.33 Å². The van der Waals surface area contributed by atoms with Gasteiger partial charge in [-0.05, 0) is 29.8 Å². The Morgan fingerprint density at radius 2 is 1.63 bits per heavy atom. The van der Waals surface area contributed by atoms with Crippen LogP contribution >= 0.6 is 0 Å². The number of pyridine rings is 3. The molecule has 0 atom stereocenters. The molecule has 8 nitrogen and oxygen atoms in total. The van der Waals surface area contributed by atoms with Crippen LogP contribution in [0.5, 0.6) is 0 Å². The van der Waals surface area contributed by atoms with Gasteiger partial charge in [0.2, 0.25) is 0 Å². The summed E-state index contributed by atoms with van der Waals surface area (Å²) in [5.74, 6) is 0. The SMILES string of the molecule is c1cncc(-c2ccnc3[nH]c(-c4[nH]nc5ncc(-c6cncnc6)cc45)cc23)c1. The van der Waals surface area contributed by atoms with E-state index < -0.39 is 0 Å². The first kappa shape index (κ1) is 16.5. The smallest absolute Gasteiger partial charge is 0.181 e. The van der Waals surface area contributed by atoms with E-state index in [1.54, 1.807) is 31.0 Å². The molecule has 0 aliphatic heterocycles. The predicted octanol–water partition coefficient (Wildman–Crippen LogP) is 4.02. The van der Waals surface area contributed by atoms with Crippen LogP contribution in [0.3, 0.4) is 0 Å². The van der Waals surface area contributed by atoms with E-state index in [9.17, 15) is 0 Å². The second-order valence-electron chi connectivity index (χ2n) is 6.87. The van der Waals surface area contributed by atoms with Gasteiger partial charge in [-0.2, -0.15) is 5.10 Å². The summed E-state index contributed by atoms with van der Waals surface area (Å²) in [6.07, 6.45) is 12.2. The highest BCUT2D eigenvalue weighted by molar-refractivity contribution is 5.99. The van der Waals surface area contributed by atoms with Crippen molar-refractivity contribution in [1.29, 1.82) is 0 Å². The Morgan fingerprint density at radius 1 is 0.733 bits per heavy atom. The van der Waals surface area contributed by atoms with Crippen molar-refractivity contribution in [1.82, 2.24) is 40.1 Å². The molecule has 0 aromatic carbocycles. The molecule has 0 unspecified atom stereocenters. The summed E-state index contributed by atoms with van der Waals surface area (Å²) in [5, 5.41) is 9.40. The van der Waals surface area contributed by atoms with Gasteiger partial charge in [-0.3, -0.25) is 10.1 Å². The average Bonchev–Trinajstić information content (AvgIpc) is 3.43. The minimum absolute atomic E-state index is 0.643. The molecule has 0 spiro atoms. The number of fused-ring (bicyclic) bond motifs is 2. The van der Waals surface area contributed by atoms with Crippen LogP contribution in [-0.2, 0) is 0 Å². The standard InChI is InChI=1S/C22H14N8/c1-2-13(8-23-4-1)16-3-5-26-21-17(16)7-19(28-21)20-18-6-14(11-27-22(18)30-29-20)15-9-24-12-25-10-15/h1-12H,(H,26,28)(H,27,29,30). The zero-order chi connectivity index (χ0) is 19.9. The van der Waals surface area contributed by atoms with Crippen molar-refractivity contribution in [3.8, 4) is 33.6 Å². The summed E-state index contributed by atoms with van der Waals surface area (Å²) in [4.78, 5) is 24.8. The van der Waals surface area contributed by atoms with Gasteiger partial charge in [0, 0.05) is 64.6 Å². The number of hydrogen-bond acceptors (Lipinski definition) is 6. The van der Waals surface area contributed by atoms with Gasteiger partial charge in [0.25, 0.3) is 0 Å². The fourth-order valence-corrected chi connectivity index (χ4v) is 3.65. The van der Waals surface area contributed by atoms with E-state index in [0.717, 1.165) is 50.1 Å². The van der Waals surface area contributed by atoms with Crippen LogP contribution in [0.1, 0.15) is 0 Å². The summed E-state index contributed by atoms with van der Waals surface area (Å²) in [6, 6.07) is 10.1. The van der Waals surface area contributed by atoms with Crippen LogP contribution in [0.2, 0.25) is 0 Å². The Labute approximate surface area is 170 Å². The van der Waals surface area contributed by atoms with Gasteiger partial charge < -0.3 is 4.98 Å². The van der Waals surface area contributed by atoms with Gasteiger partial charge in [0.05, 0.1) is 11.4 Å². The lowest BCUT2D eigenvalue weighted by molar-refractivity contribution is 1.10. The van der Waals surface area contributed by atoms with E-state index in [2.05, 4.69) is 46.2 Å². The zero-order valence-corrected chi connectivity index (χ0v) is 15.6.